The molecule has 0 atom stereocenters. The third-order valence-electron chi connectivity index (χ3n) is 5.08. The van der Waals surface area contributed by atoms with Crippen LogP contribution in [0.3, 0.4) is 0 Å². The maximum Gasteiger partial charge on any atom is 0.373 e. The number of benzene rings is 1. The molecule has 3 heterocycles. The first-order chi connectivity index (χ1) is 14.5. The summed E-state index contributed by atoms with van der Waals surface area (Å²) < 4.78 is 24.4. The molecular weight excluding hydrogens is 393 g/mol. The molecule has 30 heavy (non-hydrogen) atoms. The lowest BCUT2D eigenvalue weighted by Gasteiger charge is -2.17. The Morgan fingerprint density at radius 1 is 1.23 bits per heavy atom. The van der Waals surface area contributed by atoms with Gasteiger partial charge in [-0.3, -0.25) is 9.69 Å². The second kappa shape index (κ2) is 8.02. The maximum absolute atomic E-state index is 14.6. The predicted octanol–water partition coefficient (Wildman–Crippen LogP) is 2.90. The van der Waals surface area contributed by atoms with E-state index < -0.39 is 23.7 Å². The number of hydrogen-bond acceptors (Lipinski definition) is 6. The van der Waals surface area contributed by atoms with Crippen LogP contribution < -0.4 is 10.2 Å². The third-order valence-corrected chi connectivity index (χ3v) is 5.08. The summed E-state index contributed by atoms with van der Waals surface area (Å²) in [5.74, 6) is -1.54. The van der Waals surface area contributed by atoms with E-state index in [4.69, 9.17) is 4.42 Å². The van der Waals surface area contributed by atoms with Crippen LogP contribution in [0.5, 0.6) is 0 Å². The van der Waals surface area contributed by atoms with Gasteiger partial charge < -0.3 is 19.4 Å². The van der Waals surface area contributed by atoms with E-state index >= 15 is 0 Å². The molecule has 0 saturated carbocycles. The van der Waals surface area contributed by atoms with Crippen LogP contribution in [0, 0.1) is 5.82 Å². The number of halogens is 1. The number of nitrogens with one attached hydrogen (secondary N) is 1. The van der Waals surface area contributed by atoms with Gasteiger partial charge in [0.05, 0.1) is 13.7 Å². The van der Waals surface area contributed by atoms with Crippen molar-refractivity contribution in [1.82, 2.24) is 10.2 Å². The molecule has 8 nitrogen and oxygen atoms in total. The number of carbonyl (C=O) groups is 3. The summed E-state index contributed by atoms with van der Waals surface area (Å²) in [6.07, 6.45) is 3.48. The molecule has 1 aromatic carbocycles. The zero-order valence-corrected chi connectivity index (χ0v) is 16.3. The van der Waals surface area contributed by atoms with E-state index in [0.29, 0.717) is 0 Å². The average Bonchev–Trinajstić information content (AvgIpc) is 3.48. The number of esters is 1. The van der Waals surface area contributed by atoms with E-state index in [-0.39, 0.29) is 29.3 Å². The third kappa shape index (κ3) is 3.78. The Bertz CT molecular complexity index is 1040. The van der Waals surface area contributed by atoms with Gasteiger partial charge in [-0.25, -0.2) is 14.0 Å². The lowest BCUT2D eigenvalue weighted by molar-refractivity contribution is -0.123. The van der Waals surface area contributed by atoms with Crippen molar-refractivity contribution in [2.24, 2.45) is 0 Å². The minimum Gasteiger partial charge on any atom is -0.463 e. The molecule has 0 unspecified atom stereocenters. The second-order valence-electron chi connectivity index (χ2n) is 7.04. The van der Waals surface area contributed by atoms with Gasteiger partial charge in [-0.1, -0.05) is 0 Å². The van der Waals surface area contributed by atoms with E-state index in [9.17, 15) is 18.8 Å². The Labute approximate surface area is 171 Å². The van der Waals surface area contributed by atoms with E-state index in [1.165, 1.54) is 31.4 Å². The topological polar surface area (TPSA) is 92.1 Å². The fraction of sp³-hybridized carbons (Fsp3) is 0.286. The van der Waals surface area contributed by atoms with E-state index in [0.717, 1.165) is 36.5 Å². The maximum atomic E-state index is 14.6. The predicted molar refractivity (Wildman–Crippen MR) is 105 cm³/mol. The summed E-state index contributed by atoms with van der Waals surface area (Å²) in [5.41, 5.74) is 0.969. The van der Waals surface area contributed by atoms with Crippen molar-refractivity contribution in [3.8, 4) is 0 Å². The Morgan fingerprint density at radius 3 is 2.70 bits per heavy atom. The number of urea groups is 1. The highest BCUT2D eigenvalue weighted by atomic mass is 19.1. The summed E-state index contributed by atoms with van der Waals surface area (Å²) in [6, 6.07) is 7.05. The normalized spacial score (nSPS) is 17.7. The smallest absolute Gasteiger partial charge is 0.373 e. The summed E-state index contributed by atoms with van der Waals surface area (Å²) in [7, 11) is 1.22. The molecule has 2 aliphatic heterocycles. The van der Waals surface area contributed by atoms with Crippen molar-refractivity contribution >= 4 is 29.7 Å². The number of hydrogen-bond donors (Lipinski definition) is 1. The van der Waals surface area contributed by atoms with Gasteiger partial charge in [0, 0.05) is 24.3 Å². The van der Waals surface area contributed by atoms with Crippen molar-refractivity contribution in [3.63, 3.8) is 0 Å². The van der Waals surface area contributed by atoms with E-state index in [2.05, 4.69) is 15.0 Å². The standard InChI is InChI=1S/C21H20FN3O5/c1-29-20(27)18-7-6-15(30-18)12-25-19(26)17(23-21(25)28)10-13-4-5-14(11-16(13)22)24-8-2-3-9-24/h4-7,10-11H,2-3,8-9,12H2,1H3,(H,23,28)/b17-10-. The summed E-state index contributed by atoms with van der Waals surface area (Å²) in [5, 5.41) is 2.45. The lowest BCUT2D eigenvalue weighted by Crippen LogP contribution is -2.30. The molecule has 0 bridgehead atoms. The van der Waals surface area contributed by atoms with Gasteiger partial charge in [-0.2, -0.15) is 0 Å². The molecule has 1 aromatic heterocycles. The first-order valence-electron chi connectivity index (χ1n) is 9.52. The molecule has 2 aromatic rings. The number of rotatable bonds is 5. The number of imide groups is 1. The quantitative estimate of drug-likeness (QED) is 0.460. The van der Waals surface area contributed by atoms with Gasteiger partial charge in [-0.05, 0) is 49.2 Å². The van der Waals surface area contributed by atoms with Crippen LogP contribution in [0.15, 0.2) is 40.4 Å². The average molecular weight is 413 g/mol. The van der Waals surface area contributed by atoms with Crippen LogP contribution >= 0.6 is 0 Å². The molecule has 2 saturated heterocycles. The molecule has 156 valence electrons. The molecular formula is C21H20FN3O5. The minimum absolute atomic E-state index is 0.0320. The fourth-order valence-electron chi connectivity index (χ4n) is 3.50. The van der Waals surface area contributed by atoms with Crippen molar-refractivity contribution in [2.75, 3.05) is 25.1 Å². The first-order valence-corrected chi connectivity index (χ1v) is 9.52. The van der Waals surface area contributed by atoms with Gasteiger partial charge >= 0.3 is 12.0 Å². The molecule has 9 heteroatoms. The summed E-state index contributed by atoms with van der Waals surface area (Å²) in [4.78, 5) is 39.3. The highest BCUT2D eigenvalue weighted by Gasteiger charge is 2.34. The fourth-order valence-corrected chi connectivity index (χ4v) is 3.50. The molecule has 0 radical (unpaired) electrons. The van der Waals surface area contributed by atoms with E-state index in [1.54, 1.807) is 12.1 Å². The second-order valence-corrected chi connectivity index (χ2v) is 7.04. The Morgan fingerprint density at radius 2 is 2.00 bits per heavy atom. The number of ether oxygens (including phenoxy) is 1. The minimum atomic E-state index is -0.660. The molecule has 0 aliphatic carbocycles. The van der Waals surface area contributed by atoms with Crippen LogP contribution in [0.1, 0.15) is 34.7 Å². The highest BCUT2D eigenvalue weighted by molar-refractivity contribution is 6.13. The van der Waals surface area contributed by atoms with Gasteiger partial charge in [0.2, 0.25) is 5.76 Å². The number of methoxy groups -OCH3 is 1. The Kier molecular flexibility index (Phi) is 5.26. The SMILES string of the molecule is COC(=O)c1ccc(CN2C(=O)N/C(=C\c3ccc(N4CCCC4)cc3F)C2=O)o1. The lowest BCUT2D eigenvalue weighted by atomic mass is 10.1. The Hall–Kier alpha value is -3.62. The van der Waals surface area contributed by atoms with Crippen LogP contribution in [-0.2, 0) is 16.1 Å². The summed E-state index contributed by atoms with van der Waals surface area (Å²) >= 11 is 0. The number of nitrogens with zero attached hydrogens (tertiary/aromatic N) is 2. The van der Waals surface area contributed by atoms with Crippen LogP contribution in [0.2, 0.25) is 0 Å². The number of furan rings is 1. The highest BCUT2D eigenvalue weighted by Crippen LogP contribution is 2.25. The zero-order valence-electron chi connectivity index (χ0n) is 16.3. The van der Waals surface area contributed by atoms with Crippen molar-refractivity contribution < 1.29 is 27.9 Å². The molecule has 3 amide bonds. The number of amides is 3. The van der Waals surface area contributed by atoms with Crippen LogP contribution in [-0.4, -0.2) is 43.0 Å². The van der Waals surface area contributed by atoms with Gasteiger partial charge in [0.15, 0.2) is 0 Å². The number of carbonyl (C=O) groups excluding carboxylic acids is 3. The van der Waals surface area contributed by atoms with E-state index in [1.807, 2.05) is 0 Å². The first kappa shape index (κ1) is 19.7. The Balaban J connectivity index is 1.50. The monoisotopic (exact) mass is 413 g/mol. The van der Waals surface area contributed by atoms with Gasteiger partial charge in [0.25, 0.3) is 5.91 Å². The molecule has 4 rings (SSSR count). The van der Waals surface area contributed by atoms with Crippen LogP contribution in [0.4, 0.5) is 14.9 Å². The summed E-state index contributed by atoms with van der Waals surface area (Å²) in [6.45, 7) is 1.62. The van der Waals surface area contributed by atoms with Gasteiger partial charge in [-0.15, -0.1) is 0 Å². The van der Waals surface area contributed by atoms with Gasteiger partial charge in [0.1, 0.15) is 17.3 Å². The zero-order chi connectivity index (χ0) is 21.3. The van der Waals surface area contributed by atoms with Crippen molar-refractivity contribution in [3.05, 3.63) is 58.9 Å². The molecule has 2 fully saturated rings. The molecule has 2 aliphatic rings. The molecule has 1 N–H and O–H groups in total. The van der Waals surface area contributed by atoms with Crippen LogP contribution in [0.25, 0.3) is 6.08 Å². The largest absolute Gasteiger partial charge is 0.463 e. The number of anilines is 1. The van der Waals surface area contributed by atoms with Crippen molar-refractivity contribution in [1.29, 1.82) is 0 Å². The molecule has 0 spiro atoms. The van der Waals surface area contributed by atoms with Crippen molar-refractivity contribution in [2.45, 2.75) is 19.4 Å².